The van der Waals surface area contributed by atoms with Crippen molar-refractivity contribution in [1.82, 2.24) is 5.32 Å². The lowest BCUT2D eigenvalue weighted by molar-refractivity contribution is 0.667. The number of aliphatic imine (C=N–C) groups is 2. The van der Waals surface area contributed by atoms with E-state index < -0.39 is 6.17 Å². The molecule has 9 aromatic rings. The van der Waals surface area contributed by atoms with Gasteiger partial charge in [-0.3, -0.25) is 0 Å². The summed E-state index contributed by atoms with van der Waals surface area (Å²) in [4.78, 5) is 10.5. The monoisotopic (exact) mass is 705 g/mol. The molecule has 0 spiro atoms. The fourth-order valence-corrected chi connectivity index (χ4v) is 7.55. The van der Waals surface area contributed by atoms with Crippen LogP contribution in [0.5, 0.6) is 0 Å². The molecule has 4 nitrogen and oxygen atoms in total. The highest BCUT2D eigenvalue weighted by Crippen LogP contribution is 2.39. The van der Waals surface area contributed by atoms with Crippen LogP contribution in [0.3, 0.4) is 0 Å². The Kier molecular flexibility index (Phi) is 8.19. The fourth-order valence-electron chi connectivity index (χ4n) is 7.55. The Balaban J connectivity index is 1.03. The number of hydrogen-bond donors (Lipinski definition) is 1. The highest BCUT2D eigenvalue weighted by molar-refractivity contribution is 6.16. The lowest BCUT2D eigenvalue weighted by atomic mass is 9.97. The van der Waals surface area contributed by atoms with Gasteiger partial charge in [0.15, 0.2) is 6.17 Å². The van der Waals surface area contributed by atoms with Crippen LogP contribution < -0.4 is 5.32 Å². The maximum atomic E-state index is 6.47. The quantitative estimate of drug-likeness (QED) is 0.179. The fraction of sp³-hybridized carbons (Fsp3) is 0.0196. The molecule has 10 rings (SSSR count). The van der Waals surface area contributed by atoms with Gasteiger partial charge in [0.1, 0.15) is 22.8 Å². The first-order valence-electron chi connectivity index (χ1n) is 18.6. The van der Waals surface area contributed by atoms with E-state index in [0.29, 0.717) is 0 Å². The Labute approximate surface area is 319 Å². The molecule has 2 heterocycles. The summed E-state index contributed by atoms with van der Waals surface area (Å²) in [6.07, 6.45) is -0.493. The third kappa shape index (κ3) is 6.30. The largest absolute Gasteiger partial charge is 0.456 e. The highest BCUT2D eigenvalue weighted by atomic mass is 16.3. The van der Waals surface area contributed by atoms with Crippen LogP contribution in [-0.2, 0) is 0 Å². The molecular weight excluding hydrogens is 671 g/mol. The van der Waals surface area contributed by atoms with Crippen LogP contribution in [-0.4, -0.2) is 11.7 Å². The van der Waals surface area contributed by atoms with Crippen LogP contribution in [0.25, 0.3) is 66.4 Å². The van der Waals surface area contributed by atoms with E-state index in [2.05, 4.69) is 163 Å². The second-order valence-electron chi connectivity index (χ2n) is 13.8. The van der Waals surface area contributed by atoms with E-state index >= 15 is 0 Å². The number of hydrogen-bond acceptors (Lipinski definition) is 4. The molecule has 0 saturated carbocycles. The lowest BCUT2D eigenvalue weighted by Gasteiger charge is -2.23. The molecule has 260 valence electrons. The summed E-state index contributed by atoms with van der Waals surface area (Å²) in [5.41, 5.74) is 14.0. The minimum absolute atomic E-state index is 0.493. The molecule has 0 amide bonds. The molecule has 0 saturated heterocycles. The second kappa shape index (κ2) is 13.9. The van der Waals surface area contributed by atoms with Gasteiger partial charge in [0.2, 0.25) is 0 Å². The Morgan fingerprint density at radius 3 is 1.40 bits per heavy atom. The van der Waals surface area contributed by atoms with E-state index in [1.54, 1.807) is 0 Å². The van der Waals surface area contributed by atoms with Gasteiger partial charge < -0.3 is 9.73 Å². The highest BCUT2D eigenvalue weighted by Gasteiger charge is 2.24. The van der Waals surface area contributed by atoms with Crippen molar-refractivity contribution in [2.75, 3.05) is 0 Å². The summed E-state index contributed by atoms with van der Waals surface area (Å²) in [5, 5.41) is 5.65. The van der Waals surface area contributed by atoms with E-state index in [4.69, 9.17) is 14.4 Å². The zero-order chi connectivity index (χ0) is 36.6. The maximum absolute atomic E-state index is 6.47. The van der Waals surface area contributed by atoms with Crippen LogP contribution in [0, 0.1) is 0 Å². The van der Waals surface area contributed by atoms with Gasteiger partial charge in [0.25, 0.3) is 0 Å². The number of fused-ring (bicyclic) bond motifs is 3. The summed E-state index contributed by atoms with van der Waals surface area (Å²) in [7, 11) is 0. The van der Waals surface area contributed by atoms with Crippen molar-refractivity contribution >= 4 is 33.6 Å². The number of furan rings is 1. The Hall–Kier alpha value is -7.30. The van der Waals surface area contributed by atoms with Crippen LogP contribution >= 0.6 is 0 Å². The van der Waals surface area contributed by atoms with Crippen LogP contribution in [0.15, 0.2) is 215 Å². The Morgan fingerprint density at radius 2 is 0.782 bits per heavy atom. The van der Waals surface area contributed by atoms with Crippen molar-refractivity contribution in [3.05, 3.63) is 217 Å². The molecule has 1 unspecified atom stereocenters. The number of amidine groups is 2. The molecule has 0 fully saturated rings. The summed E-state index contributed by atoms with van der Waals surface area (Å²) >= 11 is 0. The third-order valence-corrected chi connectivity index (χ3v) is 10.4. The Bertz CT molecular complexity index is 2860. The summed E-state index contributed by atoms with van der Waals surface area (Å²) in [6.45, 7) is 0. The van der Waals surface area contributed by atoms with Gasteiger partial charge in [-0.25, -0.2) is 9.98 Å². The third-order valence-electron chi connectivity index (χ3n) is 10.4. The molecule has 1 N–H and O–H groups in total. The zero-order valence-electron chi connectivity index (χ0n) is 29.9. The van der Waals surface area contributed by atoms with Gasteiger partial charge in [-0.2, -0.15) is 0 Å². The molecule has 4 heteroatoms. The average molecular weight is 706 g/mol. The number of benzene rings is 8. The SMILES string of the molecule is c1ccc(C2=NC(c3cccc4oc5ccc(-c6ccc(-c7ccc(-c8ccccc8)cc7)cc6)cc5c34)N=C(c3cccc(-c4ccccc4)c3)N2)cc1. The zero-order valence-corrected chi connectivity index (χ0v) is 29.9. The summed E-state index contributed by atoms with van der Waals surface area (Å²) in [6, 6.07) is 70.0. The van der Waals surface area contributed by atoms with Crippen LogP contribution in [0.1, 0.15) is 22.9 Å². The van der Waals surface area contributed by atoms with E-state index in [1.165, 1.54) is 22.3 Å². The van der Waals surface area contributed by atoms with Crippen molar-refractivity contribution in [3.63, 3.8) is 0 Å². The van der Waals surface area contributed by atoms with E-state index in [0.717, 1.165) is 72.6 Å². The minimum atomic E-state index is -0.493. The number of nitrogens with zero attached hydrogens (tertiary/aromatic N) is 2. The molecule has 1 aliphatic rings. The van der Waals surface area contributed by atoms with E-state index in [9.17, 15) is 0 Å². The molecule has 1 atom stereocenters. The molecule has 1 aromatic heterocycles. The van der Waals surface area contributed by atoms with Crippen molar-refractivity contribution in [3.8, 4) is 44.5 Å². The molecule has 0 bridgehead atoms. The van der Waals surface area contributed by atoms with Gasteiger partial charge >= 0.3 is 0 Å². The standard InChI is InChI=1S/C51H35N3O/c1-4-12-34(13-5-1)36-22-24-37(25-23-36)38-26-28-39(29-27-38)42-30-31-46-45(33-42)48-44(20-11-21-47(48)55-46)51-53-49(40-16-8-3-9-17-40)52-50(54-51)43-19-10-18-41(32-43)35-14-6-2-7-15-35/h1-33,51H,(H,52,53,54). The van der Waals surface area contributed by atoms with Crippen LogP contribution in [0.4, 0.5) is 0 Å². The smallest absolute Gasteiger partial charge is 0.170 e. The molecule has 0 radical (unpaired) electrons. The first-order valence-corrected chi connectivity index (χ1v) is 18.6. The van der Waals surface area contributed by atoms with E-state index in [-0.39, 0.29) is 0 Å². The normalized spacial score (nSPS) is 14.0. The predicted molar refractivity (Wildman–Crippen MR) is 227 cm³/mol. The second-order valence-corrected chi connectivity index (χ2v) is 13.8. The van der Waals surface area contributed by atoms with Crippen molar-refractivity contribution < 1.29 is 4.42 Å². The van der Waals surface area contributed by atoms with Crippen molar-refractivity contribution in [2.45, 2.75) is 6.17 Å². The van der Waals surface area contributed by atoms with Gasteiger partial charge in [0, 0.05) is 27.5 Å². The number of rotatable bonds is 7. The topological polar surface area (TPSA) is 49.9 Å². The predicted octanol–water partition coefficient (Wildman–Crippen LogP) is 12.7. The molecule has 8 aromatic carbocycles. The van der Waals surface area contributed by atoms with Gasteiger partial charge in [-0.1, -0.05) is 176 Å². The van der Waals surface area contributed by atoms with Crippen molar-refractivity contribution in [1.29, 1.82) is 0 Å². The number of nitrogens with one attached hydrogen (secondary N) is 1. The molecule has 1 aliphatic heterocycles. The minimum Gasteiger partial charge on any atom is -0.456 e. The van der Waals surface area contributed by atoms with Gasteiger partial charge in [-0.15, -0.1) is 0 Å². The molecule has 0 aliphatic carbocycles. The first kappa shape index (κ1) is 32.4. The maximum Gasteiger partial charge on any atom is 0.170 e. The van der Waals surface area contributed by atoms with Gasteiger partial charge in [-0.05, 0) is 68.8 Å². The van der Waals surface area contributed by atoms with Crippen LogP contribution in [0.2, 0.25) is 0 Å². The molecule has 55 heavy (non-hydrogen) atoms. The first-order chi connectivity index (χ1) is 27.2. The Morgan fingerprint density at radius 1 is 0.345 bits per heavy atom. The summed E-state index contributed by atoms with van der Waals surface area (Å²) < 4.78 is 6.47. The van der Waals surface area contributed by atoms with E-state index in [1.807, 2.05) is 42.5 Å². The average Bonchev–Trinajstić information content (AvgIpc) is 3.66. The lowest BCUT2D eigenvalue weighted by Crippen LogP contribution is -2.36. The molecular formula is C51H35N3O. The van der Waals surface area contributed by atoms with Crippen molar-refractivity contribution in [2.24, 2.45) is 9.98 Å². The summed E-state index contributed by atoms with van der Waals surface area (Å²) in [5.74, 6) is 1.55. The van der Waals surface area contributed by atoms with Gasteiger partial charge in [0.05, 0.1) is 0 Å².